The topological polar surface area (TPSA) is 42.0 Å². The van der Waals surface area contributed by atoms with E-state index in [-0.39, 0.29) is 0 Å². The average molecular weight is 188 g/mol. The Kier molecular flexibility index (Phi) is 2.26. The minimum absolute atomic E-state index is 0.694. The minimum Gasteiger partial charge on any atom is -0.283 e. The number of azo groups is 1. The lowest BCUT2D eigenvalue weighted by Crippen LogP contribution is -1.81. The van der Waals surface area contributed by atoms with Crippen molar-refractivity contribution in [1.82, 2.24) is 9.38 Å². The van der Waals surface area contributed by atoms with Crippen LogP contribution in [0.2, 0.25) is 0 Å². The van der Waals surface area contributed by atoms with Gasteiger partial charge in [-0.1, -0.05) is 6.07 Å². The molecule has 0 saturated carbocycles. The fourth-order valence-corrected chi connectivity index (χ4v) is 1.36. The van der Waals surface area contributed by atoms with E-state index in [1.807, 2.05) is 42.6 Å². The predicted octanol–water partition coefficient (Wildman–Crippen LogP) is 2.75. The number of fused-ring (bicyclic) bond motifs is 1. The maximum atomic E-state index is 4.38. The molecule has 0 N–H and O–H groups in total. The second-order valence-corrected chi connectivity index (χ2v) is 3.01. The lowest BCUT2D eigenvalue weighted by atomic mass is 10.5. The van der Waals surface area contributed by atoms with E-state index in [9.17, 15) is 0 Å². The molecule has 0 amide bonds. The SMILES string of the molecule is CC/N=N/c1c(C)nc2ccccn12. The van der Waals surface area contributed by atoms with Gasteiger partial charge >= 0.3 is 0 Å². The Morgan fingerprint density at radius 2 is 2.29 bits per heavy atom. The molecule has 0 unspecified atom stereocenters. The fraction of sp³-hybridized carbons (Fsp3) is 0.300. The van der Waals surface area contributed by atoms with Crippen molar-refractivity contribution in [1.29, 1.82) is 0 Å². The highest BCUT2D eigenvalue weighted by molar-refractivity contribution is 5.51. The Labute approximate surface area is 82.3 Å². The van der Waals surface area contributed by atoms with Crippen molar-refractivity contribution in [3.05, 3.63) is 30.1 Å². The predicted molar refractivity (Wildman–Crippen MR) is 55.0 cm³/mol. The first-order valence-corrected chi connectivity index (χ1v) is 4.64. The Morgan fingerprint density at radius 3 is 3.07 bits per heavy atom. The van der Waals surface area contributed by atoms with Crippen LogP contribution in [0.1, 0.15) is 12.6 Å². The van der Waals surface area contributed by atoms with Gasteiger partial charge < -0.3 is 0 Å². The zero-order chi connectivity index (χ0) is 9.97. The molecule has 0 atom stereocenters. The van der Waals surface area contributed by atoms with Gasteiger partial charge in [0.1, 0.15) is 5.65 Å². The summed E-state index contributed by atoms with van der Waals surface area (Å²) < 4.78 is 1.94. The molecule has 0 spiro atoms. The number of aryl methyl sites for hydroxylation is 1. The molecule has 2 heterocycles. The van der Waals surface area contributed by atoms with Crippen LogP contribution in [0.5, 0.6) is 0 Å². The average Bonchev–Trinajstić information content (AvgIpc) is 2.51. The maximum absolute atomic E-state index is 4.38. The van der Waals surface area contributed by atoms with E-state index in [1.165, 1.54) is 0 Å². The van der Waals surface area contributed by atoms with Crippen molar-refractivity contribution in [2.45, 2.75) is 13.8 Å². The summed E-state index contributed by atoms with van der Waals surface area (Å²) in [5.74, 6) is 0.822. The Balaban J connectivity index is 2.62. The smallest absolute Gasteiger partial charge is 0.181 e. The lowest BCUT2D eigenvalue weighted by Gasteiger charge is -1.93. The molecule has 4 heteroatoms. The molecular weight excluding hydrogens is 176 g/mol. The van der Waals surface area contributed by atoms with Crippen LogP contribution in [0.15, 0.2) is 34.6 Å². The van der Waals surface area contributed by atoms with E-state index in [2.05, 4.69) is 15.2 Å². The zero-order valence-electron chi connectivity index (χ0n) is 8.31. The first-order chi connectivity index (χ1) is 6.83. The lowest BCUT2D eigenvalue weighted by molar-refractivity contribution is 0.973. The monoisotopic (exact) mass is 188 g/mol. The normalized spacial score (nSPS) is 11.6. The summed E-state index contributed by atoms with van der Waals surface area (Å²) in [7, 11) is 0. The number of hydrogen-bond donors (Lipinski definition) is 0. The largest absolute Gasteiger partial charge is 0.283 e. The molecule has 0 fully saturated rings. The standard InChI is InChI=1S/C10H12N4/c1-3-11-13-10-8(2)12-9-6-4-5-7-14(9)10/h4-7H,3H2,1-2H3/b13-11+. The summed E-state index contributed by atoms with van der Waals surface area (Å²) in [6.45, 7) is 4.60. The van der Waals surface area contributed by atoms with Crippen molar-refractivity contribution in [2.24, 2.45) is 10.2 Å². The molecule has 72 valence electrons. The second-order valence-electron chi connectivity index (χ2n) is 3.01. The van der Waals surface area contributed by atoms with Gasteiger partial charge in [0, 0.05) is 6.20 Å². The molecule has 2 rings (SSSR count). The van der Waals surface area contributed by atoms with Crippen LogP contribution in [0.4, 0.5) is 5.82 Å². The van der Waals surface area contributed by atoms with Crippen LogP contribution >= 0.6 is 0 Å². The Hall–Kier alpha value is -1.71. The van der Waals surface area contributed by atoms with E-state index in [1.54, 1.807) is 0 Å². The third kappa shape index (κ3) is 1.39. The van der Waals surface area contributed by atoms with Gasteiger partial charge in [-0.15, -0.1) is 5.11 Å². The molecule has 0 aliphatic heterocycles. The zero-order valence-corrected chi connectivity index (χ0v) is 8.31. The number of pyridine rings is 1. The summed E-state index contributed by atoms with van der Waals surface area (Å²) in [5.41, 5.74) is 1.82. The van der Waals surface area contributed by atoms with Gasteiger partial charge in [-0.05, 0) is 26.0 Å². The van der Waals surface area contributed by atoms with Crippen molar-refractivity contribution < 1.29 is 0 Å². The molecule has 14 heavy (non-hydrogen) atoms. The molecule has 0 aliphatic carbocycles. The number of hydrogen-bond acceptors (Lipinski definition) is 3. The highest BCUT2D eigenvalue weighted by atomic mass is 15.2. The second kappa shape index (κ2) is 3.57. The van der Waals surface area contributed by atoms with Crippen LogP contribution in [0, 0.1) is 6.92 Å². The molecule has 0 radical (unpaired) electrons. The van der Waals surface area contributed by atoms with Crippen LogP contribution in [0.25, 0.3) is 5.65 Å². The molecule has 4 nitrogen and oxygen atoms in total. The first kappa shape index (κ1) is 8.87. The van der Waals surface area contributed by atoms with Crippen LogP contribution in [0.3, 0.4) is 0 Å². The number of rotatable bonds is 2. The minimum atomic E-state index is 0.694. The number of imidazole rings is 1. The summed E-state index contributed by atoms with van der Waals surface area (Å²) in [4.78, 5) is 4.38. The number of aromatic nitrogens is 2. The third-order valence-electron chi connectivity index (χ3n) is 1.98. The van der Waals surface area contributed by atoms with Crippen molar-refractivity contribution in [3.8, 4) is 0 Å². The number of nitrogens with zero attached hydrogens (tertiary/aromatic N) is 4. The first-order valence-electron chi connectivity index (χ1n) is 4.64. The van der Waals surface area contributed by atoms with E-state index in [0.717, 1.165) is 17.2 Å². The quantitative estimate of drug-likeness (QED) is 0.668. The highest BCUT2D eigenvalue weighted by Gasteiger charge is 2.05. The van der Waals surface area contributed by atoms with Crippen LogP contribution < -0.4 is 0 Å². The molecule has 0 bridgehead atoms. The van der Waals surface area contributed by atoms with Crippen LogP contribution in [-0.2, 0) is 0 Å². The van der Waals surface area contributed by atoms with Crippen LogP contribution in [-0.4, -0.2) is 15.9 Å². The van der Waals surface area contributed by atoms with Gasteiger partial charge in [0.05, 0.1) is 12.2 Å². The molecule has 0 aromatic carbocycles. The van der Waals surface area contributed by atoms with Gasteiger partial charge in [0.25, 0.3) is 0 Å². The van der Waals surface area contributed by atoms with E-state index in [4.69, 9.17) is 0 Å². The van der Waals surface area contributed by atoms with Gasteiger partial charge in [-0.3, -0.25) is 4.40 Å². The van der Waals surface area contributed by atoms with E-state index < -0.39 is 0 Å². The molecule has 2 aromatic heterocycles. The third-order valence-corrected chi connectivity index (χ3v) is 1.98. The summed E-state index contributed by atoms with van der Waals surface area (Å²) in [5, 5.41) is 8.13. The summed E-state index contributed by atoms with van der Waals surface area (Å²) in [6.07, 6.45) is 1.94. The molecular formula is C10H12N4. The van der Waals surface area contributed by atoms with Gasteiger partial charge in [-0.2, -0.15) is 5.11 Å². The summed E-state index contributed by atoms with van der Waals surface area (Å²) in [6, 6.07) is 5.87. The van der Waals surface area contributed by atoms with Crippen molar-refractivity contribution >= 4 is 11.5 Å². The fourth-order valence-electron chi connectivity index (χ4n) is 1.36. The Bertz CT molecular complexity index is 470. The maximum Gasteiger partial charge on any atom is 0.181 e. The van der Waals surface area contributed by atoms with Gasteiger partial charge in [-0.25, -0.2) is 4.98 Å². The highest BCUT2D eigenvalue weighted by Crippen LogP contribution is 2.20. The Morgan fingerprint density at radius 1 is 1.43 bits per heavy atom. The van der Waals surface area contributed by atoms with E-state index >= 15 is 0 Å². The molecule has 0 aliphatic rings. The van der Waals surface area contributed by atoms with Gasteiger partial charge in [0.15, 0.2) is 5.82 Å². The van der Waals surface area contributed by atoms with Gasteiger partial charge in [0.2, 0.25) is 0 Å². The van der Waals surface area contributed by atoms with E-state index in [0.29, 0.717) is 6.54 Å². The van der Waals surface area contributed by atoms with Crippen molar-refractivity contribution in [3.63, 3.8) is 0 Å². The van der Waals surface area contributed by atoms with Crippen molar-refractivity contribution in [2.75, 3.05) is 6.54 Å². The summed E-state index contributed by atoms with van der Waals surface area (Å²) >= 11 is 0. The molecule has 0 saturated heterocycles. The molecule has 2 aromatic rings.